The van der Waals surface area contributed by atoms with E-state index in [4.69, 9.17) is 4.74 Å². The lowest BCUT2D eigenvalue weighted by atomic mass is 9.91. The molecule has 0 bridgehead atoms. The topological polar surface area (TPSA) is 99.0 Å². The molecular weight excluding hydrogens is 450 g/mol. The van der Waals surface area contributed by atoms with Gasteiger partial charge in [-0.2, -0.15) is 0 Å². The summed E-state index contributed by atoms with van der Waals surface area (Å²) in [6.07, 6.45) is 1.82. The Morgan fingerprint density at radius 2 is 1.71 bits per heavy atom. The van der Waals surface area contributed by atoms with Crippen molar-refractivity contribution in [1.82, 2.24) is 5.32 Å². The van der Waals surface area contributed by atoms with Crippen LogP contribution in [0.15, 0.2) is 42.5 Å². The van der Waals surface area contributed by atoms with Crippen molar-refractivity contribution in [3.8, 4) is 0 Å². The molecule has 1 aliphatic heterocycles. The van der Waals surface area contributed by atoms with E-state index in [1.807, 2.05) is 31.4 Å². The molecule has 2 aromatic rings. The minimum absolute atomic E-state index is 0.103. The normalized spacial score (nSPS) is 24.7. The van der Waals surface area contributed by atoms with Crippen molar-refractivity contribution in [2.24, 2.45) is 0 Å². The Morgan fingerprint density at radius 1 is 1.00 bits per heavy atom. The molecule has 1 heterocycles. The summed E-state index contributed by atoms with van der Waals surface area (Å²) in [6, 6.07) is 14.6. The number of aryl methyl sites for hydroxylation is 2. The summed E-state index contributed by atoms with van der Waals surface area (Å²) in [5.41, 5.74) is 4.96. The lowest BCUT2D eigenvalue weighted by Gasteiger charge is -2.40. The van der Waals surface area contributed by atoms with Gasteiger partial charge in [-0.05, 0) is 66.7 Å². The average molecular weight is 488 g/mol. The van der Waals surface area contributed by atoms with E-state index in [1.165, 1.54) is 22.9 Å². The quantitative estimate of drug-likeness (QED) is 0.384. The summed E-state index contributed by atoms with van der Waals surface area (Å²) in [6.45, 7) is 4.65. The molecule has 0 saturated carbocycles. The number of carbonyl (C=O) groups excluding carboxylic acids is 1. The Kier molecular flexibility index (Phi) is 9.97. The van der Waals surface area contributed by atoms with Gasteiger partial charge >= 0.3 is 0 Å². The second-order valence-corrected chi connectivity index (χ2v) is 9.91. The zero-order valence-electron chi connectivity index (χ0n) is 20.2. The van der Waals surface area contributed by atoms with Crippen LogP contribution in [0.25, 0.3) is 0 Å². The predicted octanol–water partition coefficient (Wildman–Crippen LogP) is 3.28. The molecule has 0 aliphatic carbocycles. The summed E-state index contributed by atoms with van der Waals surface area (Å²) in [7, 11) is 0. The van der Waals surface area contributed by atoms with Crippen molar-refractivity contribution in [2.75, 3.05) is 12.8 Å². The van der Waals surface area contributed by atoms with E-state index in [9.17, 15) is 20.1 Å². The SMILES string of the molecule is CCC(=O)NCCCCc1ccc(Cc2cc([C@@H]3O[C@H](SC)[C@@H](O)[C@H](O)[C@H]3O)ccc2C)cc1. The Balaban J connectivity index is 1.61. The monoisotopic (exact) mass is 487 g/mol. The van der Waals surface area contributed by atoms with Gasteiger partial charge in [0, 0.05) is 13.0 Å². The molecule has 0 radical (unpaired) electrons. The van der Waals surface area contributed by atoms with Crippen molar-refractivity contribution in [3.63, 3.8) is 0 Å². The third kappa shape index (κ3) is 6.83. The maximum atomic E-state index is 11.3. The van der Waals surface area contributed by atoms with Crippen LogP contribution in [-0.2, 0) is 22.4 Å². The van der Waals surface area contributed by atoms with E-state index in [0.717, 1.165) is 48.9 Å². The largest absolute Gasteiger partial charge is 0.387 e. The highest BCUT2D eigenvalue weighted by atomic mass is 32.2. The summed E-state index contributed by atoms with van der Waals surface area (Å²) in [5.74, 6) is 0.103. The van der Waals surface area contributed by atoms with Gasteiger partial charge in [-0.25, -0.2) is 0 Å². The third-order valence-corrected chi connectivity index (χ3v) is 7.31. The molecule has 0 unspecified atom stereocenters. The van der Waals surface area contributed by atoms with Crippen molar-refractivity contribution >= 4 is 17.7 Å². The van der Waals surface area contributed by atoms with Crippen molar-refractivity contribution in [2.45, 2.75) is 75.8 Å². The number of aliphatic hydroxyl groups excluding tert-OH is 3. The molecule has 5 atom stereocenters. The van der Waals surface area contributed by atoms with Gasteiger partial charge < -0.3 is 25.4 Å². The van der Waals surface area contributed by atoms with Gasteiger partial charge in [0.05, 0.1) is 0 Å². The molecule has 2 aromatic carbocycles. The van der Waals surface area contributed by atoms with Gasteiger partial charge in [0.15, 0.2) is 0 Å². The van der Waals surface area contributed by atoms with Crippen molar-refractivity contribution in [1.29, 1.82) is 0 Å². The number of hydrogen-bond acceptors (Lipinski definition) is 6. The van der Waals surface area contributed by atoms with E-state index in [1.54, 1.807) is 0 Å². The molecular formula is C27H37NO5S. The fourth-order valence-electron chi connectivity index (χ4n) is 4.23. The molecule has 34 heavy (non-hydrogen) atoms. The molecule has 0 spiro atoms. The van der Waals surface area contributed by atoms with Gasteiger partial charge in [-0.1, -0.05) is 49.4 Å². The van der Waals surface area contributed by atoms with Crippen LogP contribution in [-0.4, -0.2) is 57.8 Å². The molecule has 1 amide bonds. The molecule has 1 saturated heterocycles. The van der Waals surface area contributed by atoms with Gasteiger partial charge in [0.2, 0.25) is 5.91 Å². The minimum Gasteiger partial charge on any atom is -0.387 e. The zero-order valence-corrected chi connectivity index (χ0v) is 21.1. The minimum atomic E-state index is -1.25. The standard InChI is InChI=1S/C27H37NO5S/c1-4-22(29)28-14-6-5-7-18-9-11-19(12-10-18)15-21-16-20(13-8-17(21)2)26-24(31)23(30)25(32)27(33-26)34-3/h8-13,16,23-27,30-32H,4-7,14-15H2,1-3H3,(H,28,29)/t23-,24-,25+,26+,27-/m1/s1. The first-order valence-electron chi connectivity index (χ1n) is 12.0. The van der Waals surface area contributed by atoms with Crippen LogP contribution < -0.4 is 5.32 Å². The number of unbranched alkanes of at least 4 members (excludes halogenated alkanes) is 1. The molecule has 186 valence electrons. The molecule has 7 heteroatoms. The zero-order chi connectivity index (χ0) is 24.7. The first kappa shape index (κ1) is 26.7. The van der Waals surface area contributed by atoms with Crippen LogP contribution in [0.1, 0.15) is 60.1 Å². The van der Waals surface area contributed by atoms with Crippen LogP contribution in [0.3, 0.4) is 0 Å². The average Bonchev–Trinajstić information content (AvgIpc) is 2.85. The van der Waals surface area contributed by atoms with Crippen LogP contribution in [0, 0.1) is 6.92 Å². The van der Waals surface area contributed by atoms with Crippen LogP contribution in [0.4, 0.5) is 0 Å². The number of benzene rings is 2. The van der Waals surface area contributed by atoms with E-state index in [0.29, 0.717) is 6.42 Å². The lowest BCUT2D eigenvalue weighted by molar-refractivity contribution is -0.200. The first-order chi connectivity index (χ1) is 16.3. The maximum Gasteiger partial charge on any atom is 0.219 e. The van der Waals surface area contributed by atoms with Crippen LogP contribution in [0.5, 0.6) is 0 Å². The Morgan fingerprint density at radius 3 is 2.38 bits per heavy atom. The fourth-order valence-corrected chi connectivity index (χ4v) is 4.90. The fraction of sp³-hybridized carbons (Fsp3) is 0.519. The highest BCUT2D eigenvalue weighted by Crippen LogP contribution is 2.36. The first-order valence-corrected chi connectivity index (χ1v) is 13.3. The number of amides is 1. The molecule has 4 N–H and O–H groups in total. The molecule has 0 aromatic heterocycles. The number of aliphatic hydroxyl groups is 3. The number of ether oxygens (including phenoxy) is 1. The Bertz CT molecular complexity index is 933. The van der Waals surface area contributed by atoms with Crippen LogP contribution >= 0.6 is 11.8 Å². The van der Waals surface area contributed by atoms with Gasteiger partial charge in [0.25, 0.3) is 0 Å². The number of carbonyl (C=O) groups is 1. The van der Waals surface area contributed by atoms with E-state index >= 15 is 0 Å². The second-order valence-electron chi connectivity index (χ2n) is 8.97. The molecule has 1 aliphatic rings. The third-order valence-electron chi connectivity index (χ3n) is 6.46. The van der Waals surface area contributed by atoms with E-state index in [2.05, 4.69) is 36.5 Å². The summed E-state index contributed by atoms with van der Waals surface area (Å²) in [5, 5.41) is 33.9. The molecule has 3 rings (SSSR count). The number of thioether (sulfide) groups is 1. The van der Waals surface area contributed by atoms with Crippen molar-refractivity contribution < 1.29 is 24.9 Å². The van der Waals surface area contributed by atoms with Gasteiger partial charge in [-0.15, -0.1) is 11.8 Å². The maximum absolute atomic E-state index is 11.3. The highest BCUT2D eigenvalue weighted by molar-refractivity contribution is 7.99. The summed E-state index contributed by atoms with van der Waals surface area (Å²) in [4.78, 5) is 11.3. The second kappa shape index (κ2) is 12.7. The number of nitrogens with one attached hydrogen (secondary N) is 1. The smallest absolute Gasteiger partial charge is 0.219 e. The Hall–Kier alpha value is -1.90. The predicted molar refractivity (Wildman–Crippen MR) is 136 cm³/mol. The summed E-state index contributed by atoms with van der Waals surface area (Å²) < 4.78 is 5.93. The molecule has 6 nitrogen and oxygen atoms in total. The Labute approximate surface area is 206 Å². The highest BCUT2D eigenvalue weighted by Gasteiger charge is 2.44. The van der Waals surface area contributed by atoms with Gasteiger partial charge in [-0.3, -0.25) is 4.79 Å². The number of hydrogen-bond donors (Lipinski definition) is 4. The van der Waals surface area contributed by atoms with E-state index in [-0.39, 0.29) is 5.91 Å². The van der Waals surface area contributed by atoms with Gasteiger partial charge in [0.1, 0.15) is 29.9 Å². The molecule has 1 fully saturated rings. The lowest BCUT2D eigenvalue weighted by Crippen LogP contribution is -2.52. The van der Waals surface area contributed by atoms with Crippen LogP contribution in [0.2, 0.25) is 0 Å². The van der Waals surface area contributed by atoms with E-state index < -0.39 is 29.9 Å². The number of rotatable bonds is 10. The summed E-state index contributed by atoms with van der Waals surface area (Å²) >= 11 is 1.32. The van der Waals surface area contributed by atoms with Crippen molar-refractivity contribution in [3.05, 3.63) is 70.3 Å².